The number of thioether (sulfide) groups is 1. The molecule has 3 rings (SSSR count). The van der Waals surface area contributed by atoms with Gasteiger partial charge in [-0.15, -0.1) is 0 Å². The summed E-state index contributed by atoms with van der Waals surface area (Å²) in [5.74, 6) is 0.342. The molecule has 0 saturated heterocycles. The minimum absolute atomic E-state index is 0.00635. The molecule has 1 heterocycles. The molecule has 0 aliphatic rings. The van der Waals surface area contributed by atoms with Crippen LogP contribution in [0.25, 0.3) is 5.69 Å². The zero-order valence-electron chi connectivity index (χ0n) is 18.9. The van der Waals surface area contributed by atoms with Gasteiger partial charge in [-0.25, -0.2) is 4.98 Å². The minimum Gasteiger partial charge on any atom is -0.351 e. The molecule has 2 aromatic carbocycles. The molecule has 0 saturated carbocycles. The van der Waals surface area contributed by atoms with Crippen LogP contribution >= 0.6 is 11.8 Å². The van der Waals surface area contributed by atoms with Gasteiger partial charge in [0.15, 0.2) is 5.16 Å². The Morgan fingerprint density at radius 3 is 2.42 bits per heavy atom. The van der Waals surface area contributed by atoms with Crippen molar-refractivity contribution in [3.63, 3.8) is 0 Å². The Bertz CT molecular complexity index is 993. The summed E-state index contributed by atoms with van der Waals surface area (Å²) in [6.45, 7) is 12.2. The number of carbonyl (C=O) groups excluding carboxylic acids is 1. The summed E-state index contributed by atoms with van der Waals surface area (Å²) in [4.78, 5) is 19.2. The number of hydrogen-bond acceptors (Lipinski definition) is 4. The van der Waals surface area contributed by atoms with Crippen LogP contribution in [-0.2, 0) is 17.9 Å². The Morgan fingerprint density at radius 2 is 1.74 bits per heavy atom. The van der Waals surface area contributed by atoms with Crippen molar-refractivity contribution in [2.45, 2.75) is 45.9 Å². The Balaban J connectivity index is 1.50. The van der Waals surface area contributed by atoms with Crippen molar-refractivity contribution in [1.82, 2.24) is 19.8 Å². The summed E-state index contributed by atoms with van der Waals surface area (Å²) in [6.07, 6.45) is 3.71. The number of imidazole rings is 1. The van der Waals surface area contributed by atoms with Crippen LogP contribution < -0.4 is 5.32 Å². The third-order valence-electron chi connectivity index (χ3n) is 5.52. The fourth-order valence-corrected chi connectivity index (χ4v) is 4.12. The second-order valence-corrected chi connectivity index (χ2v) is 8.63. The van der Waals surface area contributed by atoms with Crippen molar-refractivity contribution in [3.05, 3.63) is 77.1 Å². The van der Waals surface area contributed by atoms with Crippen molar-refractivity contribution in [1.29, 1.82) is 0 Å². The molecule has 1 aromatic heterocycles. The third-order valence-corrected chi connectivity index (χ3v) is 6.49. The summed E-state index contributed by atoms with van der Waals surface area (Å²) in [5.41, 5.74) is 5.97. The highest BCUT2D eigenvalue weighted by atomic mass is 32.2. The Hall–Kier alpha value is -2.57. The molecule has 0 aliphatic carbocycles. The third kappa shape index (κ3) is 6.45. The molecule has 164 valence electrons. The first-order valence-corrected chi connectivity index (χ1v) is 11.8. The molecule has 5 nitrogen and oxygen atoms in total. The quantitative estimate of drug-likeness (QED) is 0.467. The van der Waals surface area contributed by atoms with Crippen LogP contribution in [-0.4, -0.2) is 39.2 Å². The molecule has 0 unspecified atom stereocenters. The summed E-state index contributed by atoms with van der Waals surface area (Å²) in [7, 11) is 0. The van der Waals surface area contributed by atoms with Gasteiger partial charge in [-0.3, -0.25) is 14.3 Å². The van der Waals surface area contributed by atoms with Gasteiger partial charge in [-0.2, -0.15) is 0 Å². The molecule has 0 fully saturated rings. The van der Waals surface area contributed by atoms with Crippen LogP contribution in [0.4, 0.5) is 0 Å². The number of nitrogens with one attached hydrogen (secondary N) is 1. The molecule has 3 aromatic rings. The Kier molecular flexibility index (Phi) is 8.32. The lowest BCUT2D eigenvalue weighted by molar-refractivity contribution is -0.118. The summed E-state index contributed by atoms with van der Waals surface area (Å²) >= 11 is 1.45. The smallest absolute Gasteiger partial charge is 0.230 e. The van der Waals surface area contributed by atoms with Gasteiger partial charge in [0.1, 0.15) is 0 Å². The maximum atomic E-state index is 12.4. The van der Waals surface area contributed by atoms with Crippen molar-refractivity contribution >= 4 is 17.7 Å². The fourth-order valence-electron chi connectivity index (χ4n) is 3.32. The number of benzene rings is 2. The average Bonchev–Trinajstić information content (AvgIpc) is 3.26. The predicted molar refractivity (Wildman–Crippen MR) is 129 cm³/mol. The number of hydrogen-bond donors (Lipinski definition) is 1. The second-order valence-electron chi connectivity index (χ2n) is 7.69. The number of aromatic nitrogens is 2. The molecule has 1 amide bonds. The summed E-state index contributed by atoms with van der Waals surface area (Å²) in [5, 5.41) is 3.83. The van der Waals surface area contributed by atoms with Crippen molar-refractivity contribution in [3.8, 4) is 5.69 Å². The zero-order chi connectivity index (χ0) is 22.2. The summed E-state index contributed by atoms with van der Waals surface area (Å²) in [6, 6.07) is 14.8. The molecule has 0 aliphatic heterocycles. The van der Waals surface area contributed by atoms with Gasteiger partial charge >= 0.3 is 0 Å². The number of nitrogens with zero attached hydrogens (tertiary/aromatic N) is 3. The van der Waals surface area contributed by atoms with Gasteiger partial charge < -0.3 is 5.32 Å². The molecule has 0 spiro atoms. The average molecular weight is 437 g/mol. The van der Waals surface area contributed by atoms with E-state index in [4.69, 9.17) is 0 Å². The van der Waals surface area contributed by atoms with E-state index in [0.29, 0.717) is 12.3 Å². The van der Waals surface area contributed by atoms with Crippen molar-refractivity contribution < 1.29 is 4.79 Å². The first-order valence-electron chi connectivity index (χ1n) is 10.8. The normalized spacial score (nSPS) is 11.1. The van der Waals surface area contributed by atoms with E-state index in [-0.39, 0.29) is 5.91 Å². The monoisotopic (exact) mass is 436 g/mol. The molecule has 6 heteroatoms. The molecule has 1 N–H and O–H groups in total. The molecular formula is C25H32N4OS. The molecular weight excluding hydrogens is 404 g/mol. The van der Waals surface area contributed by atoms with Gasteiger partial charge in [0.05, 0.1) is 5.75 Å². The maximum absolute atomic E-state index is 12.4. The van der Waals surface area contributed by atoms with Crippen molar-refractivity contribution in [2.75, 3.05) is 18.8 Å². The van der Waals surface area contributed by atoms with E-state index in [0.717, 1.165) is 36.0 Å². The van der Waals surface area contributed by atoms with Crippen LogP contribution in [0.15, 0.2) is 60.0 Å². The van der Waals surface area contributed by atoms with E-state index >= 15 is 0 Å². The number of amides is 1. The number of carbonyl (C=O) groups is 1. The highest BCUT2D eigenvalue weighted by molar-refractivity contribution is 7.99. The van der Waals surface area contributed by atoms with E-state index in [1.807, 2.05) is 10.8 Å². The van der Waals surface area contributed by atoms with Gasteiger partial charge in [0.25, 0.3) is 0 Å². The molecule has 0 radical (unpaired) electrons. The molecule has 0 bridgehead atoms. The van der Waals surface area contributed by atoms with Crippen LogP contribution in [0.2, 0.25) is 0 Å². The maximum Gasteiger partial charge on any atom is 0.230 e. The van der Waals surface area contributed by atoms with Crippen LogP contribution in [0.5, 0.6) is 0 Å². The number of aryl methyl sites for hydroxylation is 2. The molecule has 0 atom stereocenters. The van der Waals surface area contributed by atoms with Gasteiger partial charge in [0, 0.05) is 31.2 Å². The second kappa shape index (κ2) is 11.2. The lowest BCUT2D eigenvalue weighted by Gasteiger charge is -2.18. The van der Waals surface area contributed by atoms with Gasteiger partial charge in [0.2, 0.25) is 5.91 Å². The highest BCUT2D eigenvalue weighted by Crippen LogP contribution is 2.22. The van der Waals surface area contributed by atoms with E-state index < -0.39 is 0 Å². The first kappa shape index (κ1) is 23.1. The van der Waals surface area contributed by atoms with Crippen LogP contribution in [0.1, 0.15) is 36.1 Å². The lowest BCUT2D eigenvalue weighted by atomic mass is 10.1. The van der Waals surface area contributed by atoms with Gasteiger partial charge in [-0.05, 0) is 61.3 Å². The fraction of sp³-hybridized carbons (Fsp3) is 0.360. The van der Waals surface area contributed by atoms with E-state index in [9.17, 15) is 4.79 Å². The van der Waals surface area contributed by atoms with Gasteiger partial charge in [-0.1, -0.05) is 55.9 Å². The lowest BCUT2D eigenvalue weighted by Crippen LogP contribution is -2.25. The van der Waals surface area contributed by atoms with E-state index in [1.54, 1.807) is 6.20 Å². The van der Waals surface area contributed by atoms with Crippen LogP contribution in [0, 0.1) is 13.8 Å². The first-order chi connectivity index (χ1) is 15.0. The summed E-state index contributed by atoms with van der Waals surface area (Å²) < 4.78 is 2.03. The van der Waals surface area contributed by atoms with Crippen LogP contribution in [0.3, 0.4) is 0 Å². The van der Waals surface area contributed by atoms with E-state index in [1.165, 1.54) is 28.5 Å². The standard InChI is InChI=1S/C25H32N4OS/c1-5-28(6-2)17-22-10-8-21(9-11-22)16-27-24(30)18-31-25-26-13-14-29(25)23-12-7-19(3)20(4)15-23/h7-15H,5-6,16-18H2,1-4H3,(H,27,30). The van der Waals surface area contributed by atoms with E-state index in [2.05, 4.69) is 85.4 Å². The highest BCUT2D eigenvalue weighted by Gasteiger charge is 2.10. The largest absolute Gasteiger partial charge is 0.351 e. The predicted octanol–water partition coefficient (Wildman–Crippen LogP) is 4.74. The van der Waals surface area contributed by atoms with Crippen molar-refractivity contribution in [2.24, 2.45) is 0 Å². The Morgan fingerprint density at radius 1 is 1.03 bits per heavy atom. The minimum atomic E-state index is 0.00635. The Labute approximate surface area is 189 Å². The topological polar surface area (TPSA) is 50.2 Å². The zero-order valence-corrected chi connectivity index (χ0v) is 19.7. The SMILES string of the molecule is CCN(CC)Cc1ccc(CNC(=O)CSc2nccn2-c2ccc(C)c(C)c2)cc1. The number of rotatable bonds is 10. The molecule has 31 heavy (non-hydrogen) atoms.